The van der Waals surface area contributed by atoms with Gasteiger partial charge in [0.1, 0.15) is 12.6 Å². The Morgan fingerprint density at radius 1 is 0.844 bits per heavy atom. The second-order valence-electron chi connectivity index (χ2n) is 10.6. The normalized spacial score (nSPS) is 12.6. The smallest absolute Gasteiger partial charge is 0.264 e. The van der Waals surface area contributed by atoms with E-state index in [9.17, 15) is 18.0 Å². The number of hydrogen-bond acceptors (Lipinski definition) is 4. The lowest BCUT2D eigenvalue weighted by Gasteiger charge is -2.34. The van der Waals surface area contributed by atoms with Crippen LogP contribution < -0.4 is 9.62 Å². The van der Waals surface area contributed by atoms with Gasteiger partial charge in [0.25, 0.3) is 10.0 Å². The second-order valence-corrected chi connectivity index (χ2v) is 14.5. The summed E-state index contributed by atoms with van der Waals surface area (Å²) in [6, 6.07) is 28.2. The third-order valence-electron chi connectivity index (χ3n) is 7.33. The third-order valence-corrected chi connectivity index (χ3v) is 10.6. The maximum absolute atomic E-state index is 14.5. The van der Waals surface area contributed by atoms with Crippen molar-refractivity contribution in [2.24, 2.45) is 0 Å². The van der Waals surface area contributed by atoms with Crippen LogP contribution in [0.2, 0.25) is 10.0 Å². The van der Waals surface area contributed by atoms with Crippen molar-refractivity contribution >= 4 is 73.3 Å². The molecule has 1 N–H and O–H groups in total. The summed E-state index contributed by atoms with van der Waals surface area (Å²) in [5.41, 5.74) is 1.81. The van der Waals surface area contributed by atoms with E-state index in [1.807, 2.05) is 44.2 Å². The molecule has 0 fully saturated rings. The number of benzene rings is 4. The largest absolute Gasteiger partial charge is 0.352 e. The number of nitrogens with zero attached hydrogens (tertiary/aromatic N) is 2. The molecule has 2 atom stereocenters. The number of amides is 2. The second kappa shape index (κ2) is 15.9. The Labute approximate surface area is 288 Å². The van der Waals surface area contributed by atoms with Crippen molar-refractivity contribution in [1.82, 2.24) is 10.2 Å². The van der Waals surface area contributed by atoms with Crippen LogP contribution in [0.25, 0.3) is 0 Å². The molecular formula is C34H34Cl2IN3O4S. The molecule has 236 valence electrons. The van der Waals surface area contributed by atoms with Crippen molar-refractivity contribution in [2.75, 3.05) is 10.8 Å². The van der Waals surface area contributed by atoms with Gasteiger partial charge in [0.05, 0.1) is 20.6 Å². The quantitative estimate of drug-likeness (QED) is 0.144. The molecule has 4 rings (SSSR count). The van der Waals surface area contributed by atoms with E-state index in [-0.39, 0.29) is 29.8 Å². The zero-order valence-corrected chi connectivity index (χ0v) is 29.4. The Morgan fingerprint density at radius 3 is 2.07 bits per heavy atom. The van der Waals surface area contributed by atoms with Gasteiger partial charge in [-0.3, -0.25) is 13.9 Å². The van der Waals surface area contributed by atoms with Crippen molar-refractivity contribution in [2.45, 2.75) is 50.2 Å². The number of sulfonamides is 1. The average Bonchev–Trinajstić information content (AvgIpc) is 3.04. The van der Waals surface area contributed by atoms with Crippen LogP contribution >= 0.6 is 45.8 Å². The Bertz CT molecular complexity index is 1710. The van der Waals surface area contributed by atoms with E-state index in [1.165, 1.54) is 17.0 Å². The highest BCUT2D eigenvalue weighted by atomic mass is 127. The Morgan fingerprint density at radius 2 is 1.47 bits per heavy atom. The number of anilines is 1. The Kier molecular flexibility index (Phi) is 12.3. The first kappa shape index (κ1) is 34.7. The number of carbonyl (C=O) groups is 2. The third kappa shape index (κ3) is 9.22. The van der Waals surface area contributed by atoms with E-state index in [0.29, 0.717) is 27.7 Å². The number of hydrogen-bond donors (Lipinski definition) is 1. The Hall–Kier alpha value is -3.12. The summed E-state index contributed by atoms with van der Waals surface area (Å²) in [4.78, 5) is 29.9. The van der Waals surface area contributed by atoms with Crippen LogP contribution in [-0.2, 0) is 32.6 Å². The van der Waals surface area contributed by atoms with Crippen LogP contribution in [0.3, 0.4) is 0 Å². The lowest BCUT2D eigenvalue weighted by Crippen LogP contribution is -2.54. The lowest BCUT2D eigenvalue weighted by molar-refractivity contribution is -0.140. The molecule has 0 saturated carbocycles. The topological polar surface area (TPSA) is 86.8 Å². The molecule has 0 aromatic heterocycles. The van der Waals surface area contributed by atoms with Gasteiger partial charge in [-0.2, -0.15) is 0 Å². The first-order valence-electron chi connectivity index (χ1n) is 14.4. The molecule has 0 bridgehead atoms. The molecule has 0 radical (unpaired) electrons. The highest BCUT2D eigenvalue weighted by molar-refractivity contribution is 14.1. The number of halogens is 3. The highest BCUT2D eigenvalue weighted by Crippen LogP contribution is 2.27. The molecule has 4 aromatic carbocycles. The first-order valence-corrected chi connectivity index (χ1v) is 17.7. The predicted molar refractivity (Wildman–Crippen MR) is 189 cm³/mol. The molecular weight excluding hydrogens is 744 g/mol. The zero-order chi connectivity index (χ0) is 32.6. The monoisotopic (exact) mass is 777 g/mol. The van der Waals surface area contributed by atoms with E-state index in [1.54, 1.807) is 60.7 Å². The molecule has 11 heteroatoms. The molecule has 0 heterocycles. The molecule has 45 heavy (non-hydrogen) atoms. The Balaban J connectivity index is 1.81. The van der Waals surface area contributed by atoms with E-state index in [2.05, 4.69) is 27.9 Å². The van der Waals surface area contributed by atoms with Gasteiger partial charge in [-0.05, 0) is 95.6 Å². The van der Waals surface area contributed by atoms with Crippen LogP contribution in [0, 0.1) is 3.57 Å². The molecule has 7 nitrogen and oxygen atoms in total. The summed E-state index contributed by atoms with van der Waals surface area (Å²) in [6.07, 6.45) is 0.908. The summed E-state index contributed by atoms with van der Waals surface area (Å²) in [5, 5.41) is 3.68. The zero-order valence-electron chi connectivity index (χ0n) is 24.9. The molecule has 0 unspecified atom stereocenters. The molecule has 4 aromatic rings. The van der Waals surface area contributed by atoms with Crippen molar-refractivity contribution in [1.29, 1.82) is 0 Å². The van der Waals surface area contributed by atoms with Gasteiger partial charge in [-0.25, -0.2) is 8.42 Å². The van der Waals surface area contributed by atoms with Crippen LogP contribution in [0.5, 0.6) is 0 Å². The summed E-state index contributed by atoms with van der Waals surface area (Å²) in [7, 11) is -4.16. The standard InChI is InChI=1S/C34H34Cl2IN3O4S/c1-3-24(2)38-34(42)32(21-25-10-6-4-7-11-25)39(22-26-14-19-30(35)31(36)20-26)33(41)23-40(28-17-15-27(37)16-18-28)45(43,44)29-12-8-5-9-13-29/h4-20,24,32H,3,21-23H2,1-2H3,(H,38,42)/t24-,32+/m1/s1. The van der Waals surface area contributed by atoms with E-state index in [4.69, 9.17) is 23.2 Å². The van der Waals surface area contributed by atoms with Crippen LogP contribution in [0.4, 0.5) is 5.69 Å². The lowest BCUT2D eigenvalue weighted by atomic mass is 10.0. The minimum atomic E-state index is -4.16. The SMILES string of the molecule is CC[C@@H](C)NC(=O)[C@H](Cc1ccccc1)N(Cc1ccc(Cl)c(Cl)c1)C(=O)CN(c1ccc(I)cc1)S(=O)(=O)c1ccccc1. The summed E-state index contributed by atoms with van der Waals surface area (Å²) in [6.45, 7) is 3.31. The van der Waals surface area contributed by atoms with Crippen molar-refractivity contribution in [3.8, 4) is 0 Å². The summed E-state index contributed by atoms with van der Waals surface area (Å²) in [5.74, 6) is -0.896. The van der Waals surface area contributed by atoms with Gasteiger partial charge in [-0.1, -0.05) is 84.7 Å². The van der Waals surface area contributed by atoms with Gasteiger partial charge in [0.15, 0.2) is 0 Å². The first-order chi connectivity index (χ1) is 21.5. The number of carbonyl (C=O) groups excluding carboxylic acids is 2. The molecule has 0 aliphatic carbocycles. The molecule has 2 amide bonds. The van der Waals surface area contributed by atoms with Crippen LogP contribution in [0.15, 0.2) is 108 Å². The van der Waals surface area contributed by atoms with Gasteiger partial charge in [0.2, 0.25) is 11.8 Å². The van der Waals surface area contributed by atoms with Gasteiger partial charge < -0.3 is 10.2 Å². The molecule has 0 aliphatic rings. The van der Waals surface area contributed by atoms with Crippen molar-refractivity contribution < 1.29 is 18.0 Å². The van der Waals surface area contributed by atoms with Crippen LogP contribution in [-0.4, -0.2) is 43.8 Å². The molecule has 0 aliphatic heterocycles. The number of nitrogens with one attached hydrogen (secondary N) is 1. The highest BCUT2D eigenvalue weighted by Gasteiger charge is 2.35. The fourth-order valence-electron chi connectivity index (χ4n) is 4.69. The van der Waals surface area contributed by atoms with E-state index < -0.39 is 28.5 Å². The van der Waals surface area contributed by atoms with Gasteiger partial charge in [0, 0.05) is 22.6 Å². The maximum Gasteiger partial charge on any atom is 0.264 e. The summed E-state index contributed by atoms with van der Waals surface area (Å²) >= 11 is 14.7. The minimum Gasteiger partial charge on any atom is -0.352 e. The maximum atomic E-state index is 14.5. The fourth-order valence-corrected chi connectivity index (χ4v) is 6.80. The van der Waals surface area contributed by atoms with E-state index in [0.717, 1.165) is 13.4 Å². The molecule has 0 spiro atoms. The number of rotatable bonds is 13. The van der Waals surface area contributed by atoms with Crippen LogP contribution in [0.1, 0.15) is 31.4 Å². The minimum absolute atomic E-state index is 0.00688. The molecule has 0 saturated heterocycles. The van der Waals surface area contributed by atoms with Crippen molar-refractivity contribution in [3.05, 3.63) is 128 Å². The average molecular weight is 779 g/mol. The fraction of sp³-hybridized carbons (Fsp3) is 0.235. The van der Waals surface area contributed by atoms with Crippen molar-refractivity contribution in [3.63, 3.8) is 0 Å². The van der Waals surface area contributed by atoms with Gasteiger partial charge >= 0.3 is 0 Å². The summed E-state index contributed by atoms with van der Waals surface area (Å²) < 4.78 is 30.1. The predicted octanol–water partition coefficient (Wildman–Crippen LogP) is 7.35. The van der Waals surface area contributed by atoms with Gasteiger partial charge in [-0.15, -0.1) is 0 Å². The van der Waals surface area contributed by atoms with E-state index >= 15 is 0 Å².